The molecule has 16 heavy (non-hydrogen) atoms. The Morgan fingerprint density at radius 2 is 2.12 bits per heavy atom. The Balaban J connectivity index is 2.23. The Labute approximate surface area is 93.2 Å². The van der Waals surface area contributed by atoms with E-state index in [0.717, 1.165) is 23.2 Å². The zero-order chi connectivity index (χ0) is 11.4. The number of hydrogen-bond acceptors (Lipinski definition) is 3. The minimum absolute atomic E-state index is 0.196. The van der Waals surface area contributed by atoms with Crippen molar-refractivity contribution in [2.75, 3.05) is 0 Å². The maximum atomic E-state index is 7.21. The predicted octanol–water partition coefficient (Wildman–Crippen LogP) is 1.34. The topological polar surface area (TPSA) is 91.4 Å². The van der Waals surface area contributed by atoms with Gasteiger partial charge in [0.2, 0.25) is 0 Å². The Bertz CT molecular complexity index is 474. The van der Waals surface area contributed by atoms with Gasteiger partial charge in [0, 0.05) is 24.4 Å². The first-order valence-electron chi connectivity index (χ1n) is 5.03. The fraction of sp³-hybridized carbons (Fsp3) is 0.182. The van der Waals surface area contributed by atoms with Gasteiger partial charge in [-0.3, -0.25) is 15.5 Å². The first kappa shape index (κ1) is 10.4. The SMILES string of the molecule is N=C(N)CCc1cn[nH]c1-c1ccncc1. The van der Waals surface area contributed by atoms with E-state index in [0.29, 0.717) is 6.42 Å². The summed E-state index contributed by atoms with van der Waals surface area (Å²) in [5.41, 5.74) is 8.43. The van der Waals surface area contributed by atoms with Crippen molar-refractivity contribution in [3.8, 4) is 11.3 Å². The third-order valence-corrected chi connectivity index (χ3v) is 2.35. The number of aryl methyl sites for hydroxylation is 1. The number of H-pyrrole nitrogens is 1. The summed E-state index contributed by atoms with van der Waals surface area (Å²) in [6.45, 7) is 0. The van der Waals surface area contributed by atoms with Gasteiger partial charge in [0.15, 0.2) is 0 Å². The summed E-state index contributed by atoms with van der Waals surface area (Å²) in [6, 6.07) is 3.84. The number of amidine groups is 1. The molecule has 2 aromatic rings. The second-order valence-electron chi connectivity index (χ2n) is 3.53. The lowest BCUT2D eigenvalue weighted by Crippen LogP contribution is -2.10. The molecule has 0 fully saturated rings. The minimum atomic E-state index is 0.196. The van der Waals surface area contributed by atoms with Crippen molar-refractivity contribution in [2.24, 2.45) is 5.73 Å². The molecule has 2 rings (SSSR count). The maximum absolute atomic E-state index is 7.21. The fourth-order valence-electron chi connectivity index (χ4n) is 1.54. The molecule has 0 unspecified atom stereocenters. The molecule has 2 heterocycles. The van der Waals surface area contributed by atoms with E-state index in [4.69, 9.17) is 11.1 Å². The molecule has 5 heteroatoms. The van der Waals surface area contributed by atoms with Crippen LogP contribution in [0.4, 0.5) is 0 Å². The number of hydrogen-bond donors (Lipinski definition) is 3. The van der Waals surface area contributed by atoms with Gasteiger partial charge in [0.05, 0.1) is 17.7 Å². The fourth-order valence-corrected chi connectivity index (χ4v) is 1.54. The monoisotopic (exact) mass is 215 g/mol. The highest BCUT2D eigenvalue weighted by Crippen LogP contribution is 2.20. The summed E-state index contributed by atoms with van der Waals surface area (Å²) >= 11 is 0. The standard InChI is InChI=1S/C11H13N5/c12-10(13)2-1-9-7-15-16-11(9)8-3-5-14-6-4-8/h3-7H,1-2H2,(H3,12,13)(H,15,16). The van der Waals surface area contributed by atoms with Gasteiger partial charge in [-0.2, -0.15) is 5.10 Å². The summed E-state index contributed by atoms with van der Waals surface area (Å²) < 4.78 is 0. The van der Waals surface area contributed by atoms with Crippen LogP contribution in [0.15, 0.2) is 30.7 Å². The third-order valence-electron chi connectivity index (χ3n) is 2.35. The number of aromatic nitrogens is 3. The number of pyridine rings is 1. The molecule has 4 N–H and O–H groups in total. The first-order valence-corrected chi connectivity index (χ1v) is 5.03. The normalized spacial score (nSPS) is 10.2. The smallest absolute Gasteiger partial charge is 0.0908 e. The Morgan fingerprint density at radius 3 is 2.81 bits per heavy atom. The summed E-state index contributed by atoms with van der Waals surface area (Å²) in [5.74, 6) is 0.196. The highest BCUT2D eigenvalue weighted by Gasteiger charge is 2.07. The quantitative estimate of drug-likeness (QED) is 0.531. The van der Waals surface area contributed by atoms with Crippen molar-refractivity contribution in [2.45, 2.75) is 12.8 Å². The van der Waals surface area contributed by atoms with Crippen LogP contribution in [0.1, 0.15) is 12.0 Å². The van der Waals surface area contributed by atoms with E-state index in [1.165, 1.54) is 0 Å². The Kier molecular flexibility index (Phi) is 2.95. The zero-order valence-corrected chi connectivity index (χ0v) is 8.77. The minimum Gasteiger partial charge on any atom is -0.388 e. The largest absolute Gasteiger partial charge is 0.388 e. The van der Waals surface area contributed by atoms with Gasteiger partial charge in [0.1, 0.15) is 0 Å². The van der Waals surface area contributed by atoms with Crippen molar-refractivity contribution in [3.05, 3.63) is 36.3 Å². The molecular weight excluding hydrogens is 202 g/mol. The van der Waals surface area contributed by atoms with Gasteiger partial charge < -0.3 is 5.73 Å². The molecule has 0 saturated carbocycles. The highest BCUT2D eigenvalue weighted by atomic mass is 15.1. The molecule has 2 aromatic heterocycles. The molecule has 0 aliphatic rings. The zero-order valence-electron chi connectivity index (χ0n) is 8.77. The van der Waals surface area contributed by atoms with Crippen molar-refractivity contribution in [3.63, 3.8) is 0 Å². The molecule has 0 aliphatic carbocycles. The first-order chi connectivity index (χ1) is 7.77. The van der Waals surface area contributed by atoms with Crippen LogP contribution in [0.2, 0.25) is 0 Å². The molecule has 0 radical (unpaired) electrons. The number of nitrogens with one attached hydrogen (secondary N) is 2. The van der Waals surface area contributed by atoms with Crippen LogP contribution in [0.3, 0.4) is 0 Å². The van der Waals surface area contributed by atoms with E-state index < -0.39 is 0 Å². The van der Waals surface area contributed by atoms with Crippen molar-refractivity contribution in [1.29, 1.82) is 5.41 Å². The summed E-state index contributed by atoms with van der Waals surface area (Å²) in [4.78, 5) is 3.97. The summed E-state index contributed by atoms with van der Waals surface area (Å²) in [5, 5.41) is 14.2. The lowest BCUT2D eigenvalue weighted by molar-refractivity contribution is 1.02. The van der Waals surface area contributed by atoms with Gasteiger partial charge in [-0.15, -0.1) is 0 Å². The van der Waals surface area contributed by atoms with Gasteiger partial charge in [0.25, 0.3) is 0 Å². The van der Waals surface area contributed by atoms with Gasteiger partial charge >= 0.3 is 0 Å². The molecule has 0 bridgehead atoms. The van der Waals surface area contributed by atoms with E-state index in [9.17, 15) is 0 Å². The summed E-state index contributed by atoms with van der Waals surface area (Å²) in [7, 11) is 0. The van der Waals surface area contributed by atoms with Gasteiger partial charge in [-0.25, -0.2) is 0 Å². The Morgan fingerprint density at radius 1 is 1.38 bits per heavy atom. The molecule has 0 amide bonds. The van der Waals surface area contributed by atoms with Crippen LogP contribution in [-0.2, 0) is 6.42 Å². The van der Waals surface area contributed by atoms with Crippen LogP contribution in [0, 0.1) is 5.41 Å². The van der Waals surface area contributed by atoms with E-state index in [2.05, 4.69) is 15.2 Å². The number of aromatic amines is 1. The van der Waals surface area contributed by atoms with E-state index in [1.54, 1.807) is 18.6 Å². The Hall–Kier alpha value is -2.17. The summed E-state index contributed by atoms with van der Waals surface area (Å²) in [6.07, 6.45) is 6.54. The average Bonchev–Trinajstić information content (AvgIpc) is 2.75. The third kappa shape index (κ3) is 2.25. The highest BCUT2D eigenvalue weighted by molar-refractivity contribution is 5.77. The maximum Gasteiger partial charge on any atom is 0.0908 e. The predicted molar refractivity (Wildman–Crippen MR) is 62.1 cm³/mol. The van der Waals surface area contributed by atoms with E-state index in [1.807, 2.05) is 12.1 Å². The van der Waals surface area contributed by atoms with Gasteiger partial charge in [-0.1, -0.05) is 0 Å². The van der Waals surface area contributed by atoms with Gasteiger partial charge in [-0.05, 0) is 24.1 Å². The lowest BCUT2D eigenvalue weighted by Gasteiger charge is -2.02. The second kappa shape index (κ2) is 4.57. The molecule has 82 valence electrons. The van der Waals surface area contributed by atoms with E-state index in [-0.39, 0.29) is 5.84 Å². The average molecular weight is 215 g/mol. The van der Waals surface area contributed by atoms with Crippen LogP contribution < -0.4 is 5.73 Å². The molecule has 0 spiro atoms. The van der Waals surface area contributed by atoms with Crippen LogP contribution in [-0.4, -0.2) is 21.0 Å². The van der Waals surface area contributed by atoms with Crippen LogP contribution >= 0.6 is 0 Å². The molecule has 0 aromatic carbocycles. The molecule has 5 nitrogen and oxygen atoms in total. The van der Waals surface area contributed by atoms with Crippen LogP contribution in [0.5, 0.6) is 0 Å². The van der Waals surface area contributed by atoms with Crippen molar-refractivity contribution >= 4 is 5.84 Å². The van der Waals surface area contributed by atoms with Crippen molar-refractivity contribution < 1.29 is 0 Å². The van der Waals surface area contributed by atoms with E-state index >= 15 is 0 Å². The second-order valence-corrected chi connectivity index (χ2v) is 3.53. The molecule has 0 saturated heterocycles. The molecule has 0 atom stereocenters. The number of rotatable bonds is 4. The molecular formula is C11H13N5. The lowest BCUT2D eigenvalue weighted by atomic mass is 10.1. The number of nitrogens with two attached hydrogens (primary N) is 1. The van der Waals surface area contributed by atoms with Crippen molar-refractivity contribution in [1.82, 2.24) is 15.2 Å². The van der Waals surface area contributed by atoms with Crippen LogP contribution in [0.25, 0.3) is 11.3 Å². The number of nitrogens with zero attached hydrogens (tertiary/aromatic N) is 2. The molecule has 0 aliphatic heterocycles.